The van der Waals surface area contributed by atoms with E-state index in [0.717, 1.165) is 43.5 Å². The third kappa shape index (κ3) is 3.84. The first-order valence-electron chi connectivity index (χ1n) is 9.82. The molecule has 0 saturated heterocycles. The van der Waals surface area contributed by atoms with Crippen molar-refractivity contribution in [3.63, 3.8) is 0 Å². The molecule has 136 valence electrons. The Balaban J connectivity index is 2.68. The second-order valence-corrected chi connectivity index (χ2v) is 6.87. The monoisotopic (exact) mass is 338 g/mol. The molecule has 25 heavy (non-hydrogen) atoms. The minimum atomic E-state index is 0.404. The molecule has 0 aliphatic carbocycles. The summed E-state index contributed by atoms with van der Waals surface area (Å²) in [5.74, 6) is 0.404. The minimum Gasteiger partial charge on any atom is -0.398 e. The molecule has 0 saturated carbocycles. The predicted octanol–water partition coefficient (Wildman–Crippen LogP) is 5.64. The lowest BCUT2D eigenvalue weighted by atomic mass is 9.80. The molecule has 0 radical (unpaired) electrons. The number of benzene rings is 2. The molecule has 0 aliphatic heterocycles. The quantitative estimate of drug-likeness (QED) is 0.642. The number of rotatable bonds is 7. The molecule has 0 aliphatic rings. The Kier molecular flexibility index (Phi) is 6.52. The van der Waals surface area contributed by atoms with Crippen LogP contribution in [0, 0.1) is 0 Å². The molecular weight excluding hydrogens is 304 g/mol. The number of nitrogens with two attached hydrogens (primary N) is 2. The highest BCUT2D eigenvalue weighted by molar-refractivity contribution is 5.58. The zero-order chi connectivity index (χ0) is 18.6. The van der Waals surface area contributed by atoms with Crippen LogP contribution >= 0.6 is 0 Å². The summed E-state index contributed by atoms with van der Waals surface area (Å²) in [6.07, 6.45) is 5.05. The minimum absolute atomic E-state index is 0.404. The third-order valence-corrected chi connectivity index (χ3v) is 5.48. The van der Waals surface area contributed by atoms with Gasteiger partial charge in [0, 0.05) is 17.3 Å². The van der Waals surface area contributed by atoms with Crippen molar-refractivity contribution < 1.29 is 0 Å². The number of aryl methyl sites for hydroxylation is 4. The number of hydrogen-bond acceptors (Lipinski definition) is 2. The Bertz CT molecular complexity index is 670. The molecular formula is C23H34N2. The average Bonchev–Trinajstić information content (AvgIpc) is 2.63. The van der Waals surface area contributed by atoms with E-state index in [9.17, 15) is 0 Å². The Hall–Kier alpha value is -1.96. The topological polar surface area (TPSA) is 52.0 Å². The third-order valence-electron chi connectivity index (χ3n) is 5.48. The average molecular weight is 339 g/mol. The van der Waals surface area contributed by atoms with Crippen molar-refractivity contribution in [3.8, 4) is 0 Å². The van der Waals surface area contributed by atoms with E-state index in [1.165, 1.54) is 33.4 Å². The number of hydrogen-bond donors (Lipinski definition) is 2. The SMILES string of the molecule is CCc1cc(C(CC)c2cc(CC)c(N)cc2CC)c(CC)cc1N. The molecule has 2 heteroatoms. The lowest BCUT2D eigenvalue weighted by Crippen LogP contribution is -2.10. The van der Waals surface area contributed by atoms with Gasteiger partial charge in [-0.15, -0.1) is 0 Å². The molecule has 2 rings (SSSR count). The van der Waals surface area contributed by atoms with Gasteiger partial charge in [0.05, 0.1) is 0 Å². The first-order valence-corrected chi connectivity index (χ1v) is 9.82. The van der Waals surface area contributed by atoms with Gasteiger partial charge in [0.25, 0.3) is 0 Å². The summed E-state index contributed by atoms with van der Waals surface area (Å²) in [7, 11) is 0. The molecule has 2 aromatic carbocycles. The molecule has 0 heterocycles. The zero-order valence-corrected chi connectivity index (χ0v) is 16.6. The fourth-order valence-electron chi connectivity index (χ4n) is 3.94. The molecule has 0 unspecified atom stereocenters. The largest absolute Gasteiger partial charge is 0.398 e. The van der Waals surface area contributed by atoms with E-state index in [1.807, 2.05) is 0 Å². The van der Waals surface area contributed by atoms with Crippen molar-refractivity contribution in [2.24, 2.45) is 0 Å². The Morgan fingerprint density at radius 3 is 1.24 bits per heavy atom. The summed E-state index contributed by atoms with van der Waals surface area (Å²) in [6.45, 7) is 11.1. The van der Waals surface area contributed by atoms with Gasteiger partial charge < -0.3 is 11.5 Å². The van der Waals surface area contributed by atoms with Crippen molar-refractivity contribution in [2.75, 3.05) is 11.5 Å². The summed E-state index contributed by atoms with van der Waals surface area (Å²) < 4.78 is 0. The van der Waals surface area contributed by atoms with Gasteiger partial charge >= 0.3 is 0 Å². The maximum Gasteiger partial charge on any atom is 0.0349 e. The molecule has 0 spiro atoms. The van der Waals surface area contributed by atoms with Crippen LogP contribution in [-0.4, -0.2) is 0 Å². The molecule has 2 nitrogen and oxygen atoms in total. The number of nitrogen functional groups attached to an aromatic ring is 2. The molecule has 2 aromatic rings. The van der Waals surface area contributed by atoms with Gasteiger partial charge in [-0.2, -0.15) is 0 Å². The van der Waals surface area contributed by atoms with Crippen molar-refractivity contribution in [1.29, 1.82) is 0 Å². The zero-order valence-electron chi connectivity index (χ0n) is 16.6. The smallest absolute Gasteiger partial charge is 0.0349 e. The normalized spacial score (nSPS) is 11.3. The van der Waals surface area contributed by atoms with Gasteiger partial charge in [-0.05, 0) is 77.6 Å². The predicted molar refractivity (Wildman–Crippen MR) is 111 cm³/mol. The highest BCUT2D eigenvalue weighted by atomic mass is 14.6. The highest BCUT2D eigenvalue weighted by Gasteiger charge is 2.20. The summed E-state index contributed by atoms with van der Waals surface area (Å²) in [4.78, 5) is 0. The van der Waals surface area contributed by atoms with Crippen LogP contribution in [-0.2, 0) is 25.7 Å². The van der Waals surface area contributed by atoms with Crippen LogP contribution in [0.15, 0.2) is 24.3 Å². The number of anilines is 2. The van der Waals surface area contributed by atoms with Crippen LogP contribution in [0.3, 0.4) is 0 Å². The van der Waals surface area contributed by atoms with Crippen LogP contribution in [0.4, 0.5) is 11.4 Å². The van der Waals surface area contributed by atoms with Gasteiger partial charge in [0.2, 0.25) is 0 Å². The second-order valence-electron chi connectivity index (χ2n) is 6.87. The molecule has 0 aromatic heterocycles. The molecule has 0 amide bonds. The lowest BCUT2D eigenvalue weighted by Gasteiger charge is -2.25. The van der Waals surface area contributed by atoms with Crippen LogP contribution in [0.25, 0.3) is 0 Å². The van der Waals surface area contributed by atoms with Crippen LogP contribution < -0.4 is 11.5 Å². The Labute approximate surface area is 153 Å². The van der Waals surface area contributed by atoms with Crippen molar-refractivity contribution in [2.45, 2.75) is 72.6 Å². The van der Waals surface area contributed by atoms with Crippen LogP contribution in [0.1, 0.15) is 80.3 Å². The molecule has 4 N–H and O–H groups in total. The molecule has 0 atom stereocenters. The van der Waals surface area contributed by atoms with E-state index in [4.69, 9.17) is 11.5 Å². The highest BCUT2D eigenvalue weighted by Crippen LogP contribution is 2.37. The fourth-order valence-corrected chi connectivity index (χ4v) is 3.94. The van der Waals surface area contributed by atoms with E-state index in [2.05, 4.69) is 58.9 Å². The first kappa shape index (κ1) is 19.4. The first-order chi connectivity index (χ1) is 12.0. The van der Waals surface area contributed by atoms with Gasteiger partial charge in [-0.1, -0.05) is 46.8 Å². The Morgan fingerprint density at radius 1 is 0.600 bits per heavy atom. The van der Waals surface area contributed by atoms with Gasteiger partial charge in [0.15, 0.2) is 0 Å². The van der Waals surface area contributed by atoms with E-state index in [1.54, 1.807) is 0 Å². The fraction of sp³-hybridized carbons (Fsp3) is 0.478. The molecule has 0 bridgehead atoms. The molecule has 0 fully saturated rings. The van der Waals surface area contributed by atoms with Crippen LogP contribution in [0.5, 0.6) is 0 Å². The van der Waals surface area contributed by atoms with Gasteiger partial charge in [-0.3, -0.25) is 0 Å². The standard InChI is InChI=1S/C23H34N2/c1-6-15-13-22(24)17(8-3)11-20(15)19(10-5)21-12-18(9-4)23(25)14-16(21)7-2/h11-14,19H,6-10,24-25H2,1-5H3. The van der Waals surface area contributed by atoms with Crippen molar-refractivity contribution in [3.05, 3.63) is 57.6 Å². The summed E-state index contributed by atoms with van der Waals surface area (Å²) in [5, 5.41) is 0. The second kappa shape index (κ2) is 8.42. The Morgan fingerprint density at radius 2 is 0.960 bits per heavy atom. The maximum atomic E-state index is 6.26. The summed E-state index contributed by atoms with van der Waals surface area (Å²) in [6, 6.07) is 9.09. The van der Waals surface area contributed by atoms with Crippen molar-refractivity contribution in [1.82, 2.24) is 0 Å². The van der Waals surface area contributed by atoms with E-state index in [0.29, 0.717) is 5.92 Å². The van der Waals surface area contributed by atoms with E-state index in [-0.39, 0.29) is 0 Å². The van der Waals surface area contributed by atoms with Crippen molar-refractivity contribution >= 4 is 11.4 Å². The van der Waals surface area contributed by atoms with E-state index >= 15 is 0 Å². The summed E-state index contributed by atoms with van der Waals surface area (Å²) in [5.41, 5.74) is 22.5. The van der Waals surface area contributed by atoms with Gasteiger partial charge in [-0.25, -0.2) is 0 Å². The summed E-state index contributed by atoms with van der Waals surface area (Å²) >= 11 is 0. The van der Waals surface area contributed by atoms with Crippen LogP contribution in [0.2, 0.25) is 0 Å². The van der Waals surface area contributed by atoms with E-state index < -0.39 is 0 Å². The lowest BCUT2D eigenvalue weighted by molar-refractivity contribution is 0.751. The maximum absolute atomic E-state index is 6.26. The van der Waals surface area contributed by atoms with Gasteiger partial charge in [0.1, 0.15) is 0 Å².